The molecule has 0 atom stereocenters. The average molecular weight is 306 g/mol. The van der Waals surface area contributed by atoms with E-state index < -0.39 is 0 Å². The largest absolute Gasteiger partial charge is 0.456 e. The summed E-state index contributed by atoms with van der Waals surface area (Å²) in [6, 6.07) is 18.8. The zero-order chi connectivity index (χ0) is 16.1. The highest BCUT2D eigenvalue weighted by Gasteiger charge is 2.07. The van der Waals surface area contributed by atoms with Crippen LogP contribution in [0, 0.1) is 0 Å². The van der Waals surface area contributed by atoms with Crippen molar-refractivity contribution in [2.24, 2.45) is 10.3 Å². The minimum Gasteiger partial charge on any atom is -0.456 e. The first-order valence-electron chi connectivity index (χ1n) is 6.96. The minimum absolute atomic E-state index is 0.758. The molecule has 0 unspecified atom stereocenters. The first-order chi connectivity index (χ1) is 11.3. The average Bonchev–Trinajstić information content (AvgIpc) is 3.07. The van der Waals surface area contributed by atoms with Crippen LogP contribution in [0.1, 0.15) is 11.1 Å². The molecule has 0 saturated carbocycles. The van der Waals surface area contributed by atoms with E-state index in [0.29, 0.717) is 0 Å². The van der Waals surface area contributed by atoms with Crippen molar-refractivity contribution in [3.05, 3.63) is 71.8 Å². The summed E-state index contributed by atoms with van der Waals surface area (Å²) in [4.78, 5) is 0. The fourth-order valence-corrected chi connectivity index (χ4v) is 2.25. The normalized spacial score (nSPS) is 11.5. The van der Waals surface area contributed by atoms with Crippen molar-refractivity contribution in [1.29, 1.82) is 0 Å². The van der Waals surface area contributed by atoms with Crippen molar-refractivity contribution in [3.63, 3.8) is 0 Å². The van der Waals surface area contributed by atoms with Crippen LogP contribution >= 0.6 is 0 Å². The maximum absolute atomic E-state index is 8.52. The smallest absolute Gasteiger partial charge is 0.134 e. The quantitative estimate of drug-likeness (QED) is 0.430. The highest BCUT2D eigenvalue weighted by molar-refractivity contribution is 5.81. The zero-order valence-corrected chi connectivity index (χ0v) is 12.1. The first-order valence-corrected chi connectivity index (χ1v) is 6.96. The molecule has 23 heavy (non-hydrogen) atoms. The summed E-state index contributed by atoms with van der Waals surface area (Å²) in [7, 11) is 0. The van der Waals surface area contributed by atoms with Crippen LogP contribution in [0.4, 0.5) is 0 Å². The van der Waals surface area contributed by atoms with Crippen LogP contribution in [0.15, 0.2) is 75.4 Å². The van der Waals surface area contributed by atoms with Crippen LogP contribution in [-0.2, 0) is 0 Å². The molecule has 0 saturated heterocycles. The Morgan fingerprint density at radius 2 is 1.00 bits per heavy atom. The lowest BCUT2D eigenvalue weighted by molar-refractivity contribution is 0.321. The van der Waals surface area contributed by atoms with Crippen LogP contribution < -0.4 is 0 Å². The molecule has 5 heteroatoms. The summed E-state index contributed by atoms with van der Waals surface area (Å²) >= 11 is 0. The topological polar surface area (TPSA) is 78.3 Å². The Bertz CT molecular complexity index is 761. The minimum atomic E-state index is 0.758. The number of furan rings is 1. The second-order valence-electron chi connectivity index (χ2n) is 4.90. The third-order valence-electron chi connectivity index (χ3n) is 3.41. The highest BCUT2D eigenvalue weighted by atomic mass is 16.4. The van der Waals surface area contributed by atoms with E-state index in [1.54, 1.807) is 0 Å². The fourth-order valence-electron chi connectivity index (χ4n) is 2.25. The van der Waals surface area contributed by atoms with Gasteiger partial charge >= 0.3 is 0 Å². The molecule has 0 aliphatic carbocycles. The van der Waals surface area contributed by atoms with Gasteiger partial charge in [0.05, 0.1) is 12.4 Å². The van der Waals surface area contributed by atoms with Crippen molar-refractivity contribution in [3.8, 4) is 22.6 Å². The van der Waals surface area contributed by atoms with Crippen LogP contribution in [0.25, 0.3) is 22.6 Å². The van der Waals surface area contributed by atoms with Crippen molar-refractivity contribution >= 4 is 12.4 Å². The van der Waals surface area contributed by atoms with Gasteiger partial charge in [-0.1, -0.05) is 58.8 Å². The van der Waals surface area contributed by atoms with Crippen molar-refractivity contribution < 1.29 is 14.8 Å². The van der Waals surface area contributed by atoms with Crippen LogP contribution in [0.2, 0.25) is 0 Å². The Kier molecular flexibility index (Phi) is 4.20. The van der Waals surface area contributed by atoms with Gasteiger partial charge in [-0.15, -0.1) is 0 Å². The molecule has 5 nitrogen and oxygen atoms in total. The van der Waals surface area contributed by atoms with E-state index in [-0.39, 0.29) is 0 Å². The Balaban J connectivity index is 1.84. The lowest BCUT2D eigenvalue weighted by Gasteiger charge is -2.00. The molecule has 0 aliphatic rings. The number of rotatable bonds is 4. The molecule has 3 aromatic rings. The maximum atomic E-state index is 8.52. The number of oxime groups is 2. The fraction of sp³-hybridized carbons (Fsp3) is 0. The van der Waals surface area contributed by atoms with E-state index in [1.807, 2.05) is 60.7 Å². The summed E-state index contributed by atoms with van der Waals surface area (Å²) < 4.78 is 5.89. The molecule has 1 aromatic heterocycles. The van der Waals surface area contributed by atoms with Gasteiger partial charge in [-0.05, 0) is 23.3 Å². The van der Waals surface area contributed by atoms with E-state index in [1.165, 1.54) is 12.4 Å². The van der Waals surface area contributed by atoms with Gasteiger partial charge in [0.15, 0.2) is 0 Å². The Hall–Kier alpha value is -3.34. The van der Waals surface area contributed by atoms with Gasteiger partial charge in [-0.3, -0.25) is 0 Å². The van der Waals surface area contributed by atoms with Gasteiger partial charge in [-0.25, -0.2) is 0 Å². The van der Waals surface area contributed by atoms with Gasteiger partial charge in [-0.2, -0.15) is 0 Å². The molecule has 0 spiro atoms. The summed E-state index contributed by atoms with van der Waals surface area (Å²) in [5, 5.41) is 23.0. The van der Waals surface area contributed by atoms with Gasteiger partial charge in [0.25, 0.3) is 0 Å². The number of hydrogen-bond acceptors (Lipinski definition) is 5. The van der Waals surface area contributed by atoms with E-state index in [9.17, 15) is 0 Å². The SMILES string of the molecule is O/N=C/c1ccc(-c2ccc(-c3ccc(/C=N/O)cc3)o2)cc1. The molecular weight excluding hydrogens is 292 g/mol. The van der Waals surface area contributed by atoms with Gasteiger partial charge in [0.1, 0.15) is 11.5 Å². The maximum Gasteiger partial charge on any atom is 0.134 e. The van der Waals surface area contributed by atoms with E-state index in [0.717, 1.165) is 33.8 Å². The summed E-state index contributed by atoms with van der Waals surface area (Å²) in [5.74, 6) is 1.52. The third-order valence-corrected chi connectivity index (χ3v) is 3.41. The zero-order valence-electron chi connectivity index (χ0n) is 12.1. The standard InChI is InChI=1S/C18H14N2O3/c21-19-11-13-1-5-15(6-2-13)17-9-10-18(23-17)16-7-3-14(4-8-16)12-20-22/h1-12,21-22H/b19-11+,20-12+. The van der Waals surface area contributed by atoms with Crippen LogP contribution in [0.3, 0.4) is 0 Å². The molecule has 2 aromatic carbocycles. The van der Waals surface area contributed by atoms with Crippen molar-refractivity contribution in [2.75, 3.05) is 0 Å². The van der Waals surface area contributed by atoms with Crippen molar-refractivity contribution in [2.45, 2.75) is 0 Å². The van der Waals surface area contributed by atoms with E-state index >= 15 is 0 Å². The Morgan fingerprint density at radius 3 is 1.35 bits per heavy atom. The monoisotopic (exact) mass is 306 g/mol. The summed E-state index contributed by atoms with van der Waals surface area (Å²) in [6.07, 6.45) is 2.74. The van der Waals surface area contributed by atoms with Crippen LogP contribution in [-0.4, -0.2) is 22.8 Å². The molecule has 2 N–H and O–H groups in total. The summed E-state index contributed by atoms with van der Waals surface area (Å²) in [5.41, 5.74) is 3.50. The highest BCUT2D eigenvalue weighted by Crippen LogP contribution is 2.28. The first kappa shape index (κ1) is 14.6. The van der Waals surface area contributed by atoms with Crippen LogP contribution in [0.5, 0.6) is 0 Å². The predicted molar refractivity (Wildman–Crippen MR) is 88.3 cm³/mol. The summed E-state index contributed by atoms with van der Waals surface area (Å²) in [6.45, 7) is 0. The molecular formula is C18H14N2O3. The molecule has 0 aliphatic heterocycles. The molecule has 114 valence electrons. The Morgan fingerprint density at radius 1 is 0.609 bits per heavy atom. The lowest BCUT2D eigenvalue weighted by Crippen LogP contribution is -1.81. The molecule has 0 fully saturated rings. The second kappa shape index (κ2) is 6.62. The second-order valence-corrected chi connectivity index (χ2v) is 4.90. The molecule has 0 radical (unpaired) electrons. The molecule has 3 rings (SSSR count). The van der Waals surface area contributed by atoms with Crippen molar-refractivity contribution in [1.82, 2.24) is 0 Å². The van der Waals surface area contributed by atoms with Gasteiger partial charge < -0.3 is 14.8 Å². The Labute approximate surface area is 132 Å². The lowest BCUT2D eigenvalue weighted by atomic mass is 10.1. The van der Waals surface area contributed by atoms with Gasteiger partial charge in [0, 0.05) is 11.1 Å². The number of hydrogen-bond donors (Lipinski definition) is 2. The predicted octanol–water partition coefficient (Wildman–Crippen LogP) is 4.23. The molecule has 0 amide bonds. The van der Waals surface area contributed by atoms with E-state index in [2.05, 4.69) is 10.3 Å². The number of nitrogens with zero attached hydrogens (tertiary/aromatic N) is 2. The molecule has 1 heterocycles. The van der Waals surface area contributed by atoms with Gasteiger partial charge in [0.2, 0.25) is 0 Å². The number of benzene rings is 2. The third kappa shape index (κ3) is 3.29. The molecule has 0 bridgehead atoms. The van der Waals surface area contributed by atoms with E-state index in [4.69, 9.17) is 14.8 Å².